The normalized spacial score (nSPS) is 9.67. The molecule has 0 unspecified atom stereocenters. The lowest BCUT2D eigenvalue weighted by Gasteiger charge is -2.09. The van der Waals surface area contributed by atoms with E-state index in [0.717, 1.165) is 12.2 Å². The van der Waals surface area contributed by atoms with E-state index in [-0.39, 0.29) is 0 Å². The molecule has 0 spiro atoms. The Kier molecular flexibility index (Phi) is 7.43. The van der Waals surface area contributed by atoms with Gasteiger partial charge in [-0.25, -0.2) is 0 Å². The highest BCUT2D eigenvalue weighted by molar-refractivity contribution is 5.57. The number of hydrogen-bond acceptors (Lipinski definition) is 1. The van der Waals surface area contributed by atoms with Gasteiger partial charge >= 0.3 is 0 Å². The highest BCUT2D eigenvalue weighted by Gasteiger charge is 2.03. The molecule has 0 bridgehead atoms. The molecule has 0 heterocycles. The van der Waals surface area contributed by atoms with Gasteiger partial charge in [-0.15, -0.1) is 0 Å². The average Bonchev–Trinajstić information content (AvgIpc) is 2.31. The fraction of sp³-hybridized carbons (Fsp3) is 0.429. The molecule has 0 fully saturated rings. The van der Waals surface area contributed by atoms with Gasteiger partial charge in [-0.3, -0.25) is 0 Å². The van der Waals surface area contributed by atoms with Crippen LogP contribution in [0.4, 0.5) is 0 Å². The minimum atomic E-state index is 0.984. The SMILES string of the molecule is C/C=C/c1cccc(OC)c1CC.CC. The maximum atomic E-state index is 5.29. The van der Waals surface area contributed by atoms with Gasteiger partial charge in [0.15, 0.2) is 0 Å². The molecule has 1 aromatic carbocycles. The molecular formula is C14H22O. The van der Waals surface area contributed by atoms with Gasteiger partial charge < -0.3 is 4.74 Å². The summed E-state index contributed by atoms with van der Waals surface area (Å²) < 4.78 is 5.29. The Labute approximate surface area is 93.8 Å². The molecule has 1 heteroatoms. The Morgan fingerprint density at radius 1 is 1.27 bits per heavy atom. The van der Waals surface area contributed by atoms with Gasteiger partial charge in [0.2, 0.25) is 0 Å². The quantitative estimate of drug-likeness (QED) is 0.715. The van der Waals surface area contributed by atoms with Crippen LogP contribution in [-0.4, -0.2) is 7.11 Å². The lowest BCUT2D eigenvalue weighted by atomic mass is 10.0. The zero-order chi connectivity index (χ0) is 11.7. The molecule has 0 aliphatic rings. The van der Waals surface area contributed by atoms with Crippen molar-refractivity contribution in [3.63, 3.8) is 0 Å². The first-order valence-corrected chi connectivity index (χ1v) is 5.62. The molecular weight excluding hydrogens is 184 g/mol. The van der Waals surface area contributed by atoms with Crippen LogP contribution in [0.3, 0.4) is 0 Å². The molecule has 0 aliphatic heterocycles. The lowest BCUT2D eigenvalue weighted by Crippen LogP contribution is -1.92. The maximum absolute atomic E-state index is 5.29. The van der Waals surface area contributed by atoms with E-state index in [1.807, 2.05) is 39.0 Å². The van der Waals surface area contributed by atoms with Crippen LogP contribution in [0, 0.1) is 0 Å². The Morgan fingerprint density at radius 2 is 1.93 bits per heavy atom. The molecule has 1 rings (SSSR count). The second kappa shape index (κ2) is 8.10. The first-order valence-electron chi connectivity index (χ1n) is 5.62. The summed E-state index contributed by atoms with van der Waals surface area (Å²) >= 11 is 0. The van der Waals surface area contributed by atoms with Crippen LogP contribution >= 0.6 is 0 Å². The van der Waals surface area contributed by atoms with E-state index in [1.165, 1.54) is 11.1 Å². The Balaban J connectivity index is 0.000000921. The number of allylic oxidation sites excluding steroid dienone is 1. The minimum Gasteiger partial charge on any atom is -0.496 e. The average molecular weight is 206 g/mol. The number of methoxy groups -OCH3 is 1. The van der Waals surface area contributed by atoms with Gasteiger partial charge in [-0.1, -0.05) is 45.1 Å². The standard InChI is InChI=1S/C12H16O.C2H6/c1-4-7-10-8-6-9-12(13-3)11(10)5-2;1-2/h4,6-9H,5H2,1-3H3;1-2H3/b7-4+;. The third-order valence-electron chi connectivity index (χ3n) is 2.09. The van der Waals surface area contributed by atoms with Crippen LogP contribution in [0.5, 0.6) is 5.75 Å². The van der Waals surface area contributed by atoms with Crippen LogP contribution in [0.1, 0.15) is 38.8 Å². The summed E-state index contributed by atoms with van der Waals surface area (Å²) in [7, 11) is 1.72. The highest BCUT2D eigenvalue weighted by Crippen LogP contribution is 2.23. The van der Waals surface area contributed by atoms with Gasteiger partial charge in [0.1, 0.15) is 5.75 Å². The minimum absolute atomic E-state index is 0.984. The Morgan fingerprint density at radius 3 is 2.40 bits per heavy atom. The topological polar surface area (TPSA) is 9.23 Å². The van der Waals surface area contributed by atoms with Crippen LogP contribution in [0.15, 0.2) is 24.3 Å². The van der Waals surface area contributed by atoms with E-state index in [4.69, 9.17) is 4.74 Å². The molecule has 0 aliphatic carbocycles. The fourth-order valence-electron chi connectivity index (χ4n) is 1.49. The van der Waals surface area contributed by atoms with Crippen LogP contribution in [-0.2, 0) is 6.42 Å². The van der Waals surface area contributed by atoms with Gasteiger partial charge in [0, 0.05) is 5.56 Å². The predicted molar refractivity (Wildman–Crippen MR) is 68.4 cm³/mol. The predicted octanol–water partition coefficient (Wildman–Crippen LogP) is 4.32. The van der Waals surface area contributed by atoms with E-state index in [1.54, 1.807) is 7.11 Å². The molecule has 0 atom stereocenters. The number of rotatable bonds is 3. The van der Waals surface area contributed by atoms with Crippen molar-refractivity contribution in [3.8, 4) is 5.75 Å². The molecule has 15 heavy (non-hydrogen) atoms. The summed E-state index contributed by atoms with van der Waals surface area (Å²) in [5.41, 5.74) is 2.53. The first kappa shape index (κ1) is 13.8. The molecule has 0 amide bonds. The van der Waals surface area contributed by atoms with Crippen LogP contribution < -0.4 is 4.74 Å². The van der Waals surface area contributed by atoms with Crippen molar-refractivity contribution in [2.75, 3.05) is 7.11 Å². The highest BCUT2D eigenvalue weighted by atomic mass is 16.5. The van der Waals surface area contributed by atoms with E-state index in [2.05, 4.69) is 19.1 Å². The monoisotopic (exact) mass is 206 g/mol. The fourth-order valence-corrected chi connectivity index (χ4v) is 1.49. The second-order valence-electron chi connectivity index (χ2n) is 2.88. The second-order valence-corrected chi connectivity index (χ2v) is 2.88. The van der Waals surface area contributed by atoms with E-state index in [9.17, 15) is 0 Å². The Hall–Kier alpha value is -1.24. The van der Waals surface area contributed by atoms with Gasteiger partial charge in [-0.2, -0.15) is 0 Å². The summed E-state index contributed by atoms with van der Waals surface area (Å²) in [4.78, 5) is 0. The van der Waals surface area contributed by atoms with Gasteiger partial charge in [0.25, 0.3) is 0 Å². The molecule has 1 nitrogen and oxygen atoms in total. The summed E-state index contributed by atoms with van der Waals surface area (Å²) in [6, 6.07) is 6.14. The molecule has 0 N–H and O–H groups in total. The van der Waals surface area contributed by atoms with E-state index in [0.29, 0.717) is 0 Å². The molecule has 0 saturated heterocycles. The smallest absolute Gasteiger partial charge is 0.122 e. The van der Waals surface area contributed by atoms with Gasteiger partial charge in [0.05, 0.1) is 7.11 Å². The maximum Gasteiger partial charge on any atom is 0.122 e. The zero-order valence-corrected chi connectivity index (χ0v) is 10.5. The van der Waals surface area contributed by atoms with Crippen molar-refractivity contribution in [2.24, 2.45) is 0 Å². The number of hydrogen-bond donors (Lipinski definition) is 0. The third-order valence-corrected chi connectivity index (χ3v) is 2.09. The molecule has 0 aromatic heterocycles. The van der Waals surface area contributed by atoms with Crippen molar-refractivity contribution in [2.45, 2.75) is 34.1 Å². The van der Waals surface area contributed by atoms with Crippen LogP contribution in [0.25, 0.3) is 6.08 Å². The number of ether oxygens (including phenoxy) is 1. The van der Waals surface area contributed by atoms with Crippen molar-refractivity contribution < 1.29 is 4.74 Å². The lowest BCUT2D eigenvalue weighted by molar-refractivity contribution is 0.410. The molecule has 84 valence electrons. The van der Waals surface area contributed by atoms with E-state index >= 15 is 0 Å². The van der Waals surface area contributed by atoms with Crippen molar-refractivity contribution in [1.29, 1.82) is 0 Å². The summed E-state index contributed by atoms with van der Waals surface area (Å²) in [5, 5.41) is 0. The first-order chi connectivity index (χ1) is 7.33. The molecule has 1 aromatic rings. The summed E-state index contributed by atoms with van der Waals surface area (Å²) in [6.07, 6.45) is 5.17. The van der Waals surface area contributed by atoms with Crippen molar-refractivity contribution >= 4 is 6.08 Å². The summed E-state index contributed by atoms with van der Waals surface area (Å²) in [5.74, 6) is 0.984. The van der Waals surface area contributed by atoms with E-state index < -0.39 is 0 Å². The van der Waals surface area contributed by atoms with Crippen molar-refractivity contribution in [1.82, 2.24) is 0 Å². The zero-order valence-electron chi connectivity index (χ0n) is 10.5. The third kappa shape index (κ3) is 3.78. The molecule has 0 saturated carbocycles. The van der Waals surface area contributed by atoms with Crippen LogP contribution in [0.2, 0.25) is 0 Å². The summed E-state index contributed by atoms with van der Waals surface area (Å²) in [6.45, 7) is 8.17. The van der Waals surface area contributed by atoms with Gasteiger partial charge in [-0.05, 0) is 25.0 Å². The van der Waals surface area contributed by atoms with Crippen molar-refractivity contribution in [3.05, 3.63) is 35.4 Å². The molecule has 0 radical (unpaired) electrons. The Bertz CT molecular complexity index is 300. The largest absolute Gasteiger partial charge is 0.496 e. The number of benzene rings is 1.